The highest BCUT2D eigenvalue weighted by Gasteiger charge is 2.38. The molecule has 1 fully saturated rings. The Hall–Kier alpha value is -1.64. The monoisotopic (exact) mass is 228 g/mol. The van der Waals surface area contributed by atoms with Gasteiger partial charge in [-0.3, -0.25) is 4.79 Å². The molecule has 1 aliphatic carbocycles. The molecule has 0 bridgehead atoms. The van der Waals surface area contributed by atoms with E-state index in [0.717, 1.165) is 25.0 Å². The lowest BCUT2D eigenvalue weighted by atomic mass is 10.1. The lowest BCUT2D eigenvalue weighted by Crippen LogP contribution is -2.26. The normalized spacial score (nSPS) is 22.9. The van der Waals surface area contributed by atoms with Gasteiger partial charge >= 0.3 is 0 Å². The highest BCUT2D eigenvalue weighted by Crippen LogP contribution is 2.31. The summed E-state index contributed by atoms with van der Waals surface area (Å²) in [4.78, 5) is 12.1. The smallest absolute Gasteiger partial charge is 0.251 e. The van der Waals surface area contributed by atoms with E-state index >= 15 is 0 Å². The Morgan fingerprint density at radius 2 is 2.24 bits per heavy atom. The summed E-state index contributed by atoms with van der Waals surface area (Å²) in [6.45, 7) is 2.69. The second-order valence-corrected chi connectivity index (χ2v) is 4.86. The summed E-state index contributed by atoms with van der Waals surface area (Å²) in [5.41, 5.74) is 3.51. The molecule has 1 aromatic carbocycles. The Bertz CT molecular complexity index is 493. The Kier molecular flexibility index (Phi) is 2.46. The van der Waals surface area contributed by atoms with Gasteiger partial charge in [-0.2, -0.15) is 5.10 Å². The number of aryl methyl sites for hydroxylation is 1. The number of carbonyl (C=O) groups is 1. The van der Waals surface area contributed by atoms with Gasteiger partial charge in [0.05, 0.1) is 18.2 Å². The molecule has 3 nitrogen and oxygen atoms in total. The van der Waals surface area contributed by atoms with Crippen LogP contribution >= 0.6 is 0 Å². The lowest BCUT2D eigenvalue weighted by Gasteiger charge is -2.15. The standard InChI is InChI=1S/C14H16N2O/c1-10-5-2-3-6-11(10)9-16-14(17)12-7-4-8-13(12)15-16/h2-3,5-6,12H,4,7-9H2,1H3. The van der Waals surface area contributed by atoms with Gasteiger partial charge < -0.3 is 0 Å². The third kappa shape index (κ3) is 1.75. The molecule has 2 aliphatic rings. The first-order valence-corrected chi connectivity index (χ1v) is 6.19. The first kappa shape index (κ1) is 10.5. The fourth-order valence-corrected chi connectivity index (χ4v) is 2.66. The maximum Gasteiger partial charge on any atom is 0.251 e. The maximum absolute atomic E-state index is 12.1. The number of fused-ring (bicyclic) bond motifs is 1. The van der Waals surface area contributed by atoms with Crippen molar-refractivity contribution in [2.75, 3.05) is 0 Å². The number of hydrogen-bond acceptors (Lipinski definition) is 2. The van der Waals surface area contributed by atoms with Crippen LogP contribution in [0.25, 0.3) is 0 Å². The quantitative estimate of drug-likeness (QED) is 0.765. The van der Waals surface area contributed by atoms with Crippen molar-refractivity contribution >= 4 is 11.6 Å². The molecule has 17 heavy (non-hydrogen) atoms. The number of hydrazone groups is 1. The molecule has 0 N–H and O–H groups in total. The van der Waals surface area contributed by atoms with Crippen molar-refractivity contribution in [1.82, 2.24) is 5.01 Å². The van der Waals surface area contributed by atoms with Crippen LogP contribution in [-0.2, 0) is 11.3 Å². The number of rotatable bonds is 2. The fraction of sp³-hybridized carbons (Fsp3) is 0.429. The van der Waals surface area contributed by atoms with Crippen LogP contribution < -0.4 is 0 Å². The van der Waals surface area contributed by atoms with Gasteiger partial charge in [0, 0.05) is 0 Å². The van der Waals surface area contributed by atoms with Crippen LogP contribution in [0.1, 0.15) is 30.4 Å². The molecule has 0 aromatic heterocycles. The first-order valence-electron chi connectivity index (χ1n) is 6.19. The number of amides is 1. The van der Waals surface area contributed by atoms with Crippen LogP contribution in [0.15, 0.2) is 29.4 Å². The molecule has 1 heterocycles. The van der Waals surface area contributed by atoms with Crippen LogP contribution in [0.2, 0.25) is 0 Å². The minimum absolute atomic E-state index is 0.0963. The SMILES string of the molecule is Cc1ccccc1CN1N=C2CCCC2C1=O. The number of nitrogens with zero attached hydrogens (tertiary/aromatic N) is 2. The van der Waals surface area contributed by atoms with Gasteiger partial charge in [-0.1, -0.05) is 24.3 Å². The summed E-state index contributed by atoms with van der Waals surface area (Å²) in [5.74, 6) is 0.291. The third-order valence-corrected chi connectivity index (χ3v) is 3.71. The van der Waals surface area contributed by atoms with Crippen molar-refractivity contribution in [2.24, 2.45) is 11.0 Å². The first-order chi connectivity index (χ1) is 8.25. The zero-order valence-corrected chi connectivity index (χ0v) is 10.0. The van der Waals surface area contributed by atoms with E-state index in [1.165, 1.54) is 11.1 Å². The van der Waals surface area contributed by atoms with E-state index < -0.39 is 0 Å². The van der Waals surface area contributed by atoms with Gasteiger partial charge in [-0.25, -0.2) is 5.01 Å². The zero-order chi connectivity index (χ0) is 11.8. The van der Waals surface area contributed by atoms with E-state index in [-0.39, 0.29) is 11.8 Å². The molecular formula is C14H16N2O. The number of benzene rings is 1. The summed E-state index contributed by atoms with van der Waals surface area (Å²) in [6, 6.07) is 8.17. The van der Waals surface area contributed by atoms with Gasteiger partial charge in [0.25, 0.3) is 5.91 Å². The third-order valence-electron chi connectivity index (χ3n) is 3.71. The molecular weight excluding hydrogens is 212 g/mol. The molecule has 1 atom stereocenters. The van der Waals surface area contributed by atoms with Crippen LogP contribution in [-0.4, -0.2) is 16.6 Å². The minimum Gasteiger partial charge on any atom is -0.272 e. The van der Waals surface area contributed by atoms with E-state index in [2.05, 4.69) is 24.2 Å². The zero-order valence-electron chi connectivity index (χ0n) is 10.0. The summed E-state index contributed by atoms with van der Waals surface area (Å²) < 4.78 is 0. The van der Waals surface area contributed by atoms with E-state index in [0.29, 0.717) is 6.54 Å². The molecule has 88 valence electrons. The second-order valence-electron chi connectivity index (χ2n) is 4.86. The molecule has 3 heteroatoms. The Morgan fingerprint density at radius 1 is 1.41 bits per heavy atom. The molecule has 1 amide bonds. The summed E-state index contributed by atoms with van der Waals surface area (Å²) >= 11 is 0. The molecule has 3 rings (SSSR count). The van der Waals surface area contributed by atoms with Crippen LogP contribution in [0.4, 0.5) is 0 Å². The highest BCUT2D eigenvalue weighted by molar-refractivity contribution is 6.09. The van der Waals surface area contributed by atoms with Gasteiger partial charge in [-0.05, 0) is 37.3 Å². The Balaban J connectivity index is 1.81. The Labute approximate surface area is 101 Å². The molecule has 0 saturated heterocycles. The predicted molar refractivity (Wildman–Crippen MR) is 66.5 cm³/mol. The van der Waals surface area contributed by atoms with Crippen molar-refractivity contribution < 1.29 is 4.79 Å². The molecule has 1 aliphatic heterocycles. The van der Waals surface area contributed by atoms with Crippen molar-refractivity contribution in [1.29, 1.82) is 0 Å². The molecule has 1 aromatic rings. The van der Waals surface area contributed by atoms with Gasteiger partial charge in [0.2, 0.25) is 0 Å². The summed E-state index contributed by atoms with van der Waals surface area (Å²) in [5, 5.41) is 6.12. The van der Waals surface area contributed by atoms with Crippen LogP contribution in [0.5, 0.6) is 0 Å². The number of carbonyl (C=O) groups excluding carboxylic acids is 1. The topological polar surface area (TPSA) is 32.7 Å². The fourth-order valence-electron chi connectivity index (χ4n) is 2.66. The average molecular weight is 228 g/mol. The summed E-state index contributed by atoms with van der Waals surface area (Å²) in [6.07, 6.45) is 3.11. The molecule has 0 spiro atoms. The van der Waals surface area contributed by atoms with Crippen LogP contribution in [0.3, 0.4) is 0 Å². The summed E-state index contributed by atoms with van der Waals surface area (Å²) in [7, 11) is 0. The highest BCUT2D eigenvalue weighted by atomic mass is 16.2. The number of hydrogen-bond donors (Lipinski definition) is 0. The molecule has 1 unspecified atom stereocenters. The van der Waals surface area contributed by atoms with Gasteiger partial charge in [-0.15, -0.1) is 0 Å². The van der Waals surface area contributed by atoms with Gasteiger partial charge in [0.1, 0.15) is 0 Å². The maximum atomic E-state index is 12.1. The van der Waals surface area contributed by atoms with Crippen molar-refractivity contribution in [3.8, 4) is 0 Å². The van der Waals surface area contributed by atoms with E-state index in [9.17, 15) is 4.79 Å². The minimum atomic E-state index is 0.0963. The van der Waals surface area contributed by atoms with E-state index in [4.69, 9.17) is 0 Å². The van der Waals surface area contributed by atoms with E-state index in [1.54, 1.807) is 5.01 Å². The average Bonchev–Trinajstić information content (AvgIpc) is 2.87. The molecule has 0 radical (unpaired) electrons. The van der Waals surface area contributed by atoms with Crippen molar-refractivity contribution in [2.45, 2.75) is 32.7 Å². The predicted octanol–water partition coefficient (Wildman–Crippen LogP) is 2.49. The Morgan fingerprint density at radius 3 is 3.00 bits per heavy atom. The lowest BCUT2D eigenvalue weighted by molar-refractivity contribution is -0.132. The largest absolute Gasteiger partial charge is 0.272 e. The van der Waals surface area contributed by atoms with Gasteiger partial charge in [0.15, 0.2) is 0 Å². The van der Waals surface area contributed by atoms with Crippen molar-refractivity contribution in [3.05, 3.63) is 35.4 Å². The molecule has 1 saturated carbocycles. The second kappa shape index (κ2) is 3.99. The van der Waals surface area contributed by atoms with Crippen molar-refractivity contribution in [3.63, 3.8) is 0 Å². The van der Waals surface area contributed by atoms with Crippen LogP contribution in [0, 0.1) is 12.8 Å². The van der Waals surface area contributed by atoms with E-state index in [1.807, 2.05) is 12.1 Å².